The summed E-state index contributed by atoms with van der Waals surface area (Å²) < 4.78 is 0. The molecule has 0 bridgehead atoms. The van der Waals surface area contributed by atoms with Crippen molar-refractivity contribution in [3.8, 4) is 0 Å². The van der Waals surface area contributed by atoms with Gasteiger partial charge in [0.2, 0.25) is 0 Å². The second-order valence-electron chi connectivity index (χ2n) is 6.44. The summed E-state index contributed by atoms with van der Waals surface area (Å²) in [6, 6.07) is 0. The van der Waals surface area contributed by atoms with Crippen LogP contribution in [0.4, 0.5) is 0 Å². The lowest BCUT2D eigenvalue weighted by molar-refractivity contribution is 0.698. The molecule has 1 nitrogen and oxygen atoms in total. The van der Waals surface area contributed by atoms with E-state index in [1.54, 1.807) is 5.57 Å². The van der Waals surface area contributed by atoms with Gasteiger partial charge in [0.25, 0.3) is 0 Å². The molecule has 0 unspecified atom stereocenters. The van der Waals surface area contributed by atoms with Crippen LogP contribution in [0.5, 0.6) is 0 Å². The smallest absolute Gasteiger partial charge is 0.0392 e. The third-order valence-corrected chi connectivity index (χ3v) is 4.40. The van der Waals surface area contributed by atoms with E-state index >= 15 is 0 Å². The van der Waals surface area contributed by atoms with Crippen molar-refractivity contribution in [2.24, 2.45) is 10.9 Å². The maximum atomic E-state index is 4.95. The quantitative estimate of drug-likeness (QED) is 0.326. The molecule has 0 aromatic carbocycles. The fraction of sp³-hybridized carbons (Fsp3) is 0.842. The van der Waals surface area contributed by atoms with Gasteiger partial charge in [-0.25, -0.2) is 0 Å². The number of nitrogens with zero attached hydrogens (tertiary/aromatic N) is 1. The molecule has 0 atom stereocenters. The number of aliphatic imine (C=N–C) groups is 1. The first-order chi connectivity index (χ1) is 9.77. The average Bonchev–Trinajstić information content (AvgIpc) is 2.96. The zero-order valence-corrected chi connectivity index (χ0v) is 14.1. The van der Waals surface area contributed by atoms with Crippen LogP contribution in [0.1, 0.15) is 91.4 Å². The molecule has 1 aliphatic carbocycles. The zero-order valence-electron chi connectivity index (χ0n) is 14.1. The van der Waals surface area contributed by atoms with Gasteiger partial charge in [0.05, 0.1) is 0 Å². The zero-order chi connectivity index (χ0) is 14.6. The second kappa shape index (κ2) is 11.1. The van der Waals surface area contributed by atoms with Crippen molar-refractivity contribution in [3.63, 3.8) is 0 Å². The molecule has 0 amide bonds. The van der Waals surface area contributed by atoms with Crippen LogP contribution in [0, 0.1) is 5.92 Å². The monoisotopic (exact) mass is 277 g/mol. The minimum Gasteiger partial charge on any atom is -0.289 e. The molecule has 0 heterocycles. The van der Waals surface area contributed by atoms with Gasteiger partial charge in [0, 0.05) is 18.2 Å². The van der Waals surface area contributed by atoms with E-state index in [-0.39, 0.29) is 0 Å². The molecule has 1 saturated carbocycles. The Morgan fingerprint density at radius 3 is 2.30 bits per heavy atom. The molecule has 1 rings (SSSR count). The van der Waals surface area contributed by atoms with Crippen LogP contribution in [0.15, 0.2) is 16.6 Å². The minimum absolute atomic E-state index is 0.762. The normalized spacial score (nSPS) is 17.9. The Morgan fingerprint density at radius 2 is 1.65 bits per heavy atom. The maximum absolute atomic E-state index is 4.95. The Balaban J connectivity index is 2.54. The van der Waals surface area contributed by atoms with Crippen LogP contribution < -0.4 is 0 Å². The summed E-state index contributed by atoms with van der Waals surface area (Å²) in [7, 11) is 0. The van der Waals surface area contributed by atoms with E-state index in [0.717, 1.165) is 12.5 Å². The van der Waals surface area contributed by atoms with E-state index in [1.807, 2.05) is 0 Å². The van der Waals surface area contributed by atoms with Gasteiger partial charge in [-0.3, -0.25) is 4.99 Å². The second-order valence-corrected chi connectivity index (χ2v) is 6.44. The third-order valence-electron chi connectivity index (χ3n) is 4.40. The number of hydrogen-bond acceptors (Lipinski definition) is 1. The molecular formula is C19H35N. The highest BCUT2D eigenvalue weighted by atomic mass is 14.7. The Bertz CT molecular complexity index is 295. The lowest BCUT2D eigenvalue weighted by Crippen LogP contribution is -2.10. The van der Waals surface area contributed by atoms with E-state index in [2.05, 4.69) is 26.8 Å². The van der Waals surface area contributed by atoms with Crippen molar-refractivity contribution < 1.29 is 0 Å². The lowest BCUT2D eigenvalue weighted by Gasteiger charge is -2.12. The van der Waals surface area contributed by atoms with Crippen molar-refractivity contribution >= 4 is 5.71 Å². The van der Waals surface area contributed by atoms with Crippen molar-refractivity contribution in [2.45, 2.75) is 91.4 Å². The molecule has 0 radical (unpaired) electrons. The van der Waals surface area contributed by atoms with Gasteiger partial charge < -0.3 is 0 Å². The van der Waals surface area contributed by atoms with E-state index in [0.29, 0.717) is 0 Å². The van der Waals surface area contributed by atoms with Crippen LogP contribution in [0.2, 0.25) is 0 Å². The first-order valence-electron chi connectivity index (χ1n) is 8.99. The summed E-state index contributed by atoms with van der Waals surface area (Å²) in [4.78, 5) is 4.95. The topological polar surface area (TPSA) is 12.4 Å². The standard InChI is InChI=1S/C19H35N/c1-4-6-8-12-17(3)16-19(18-13-9-10-14-18)20-15-11-7-5-2/h16,18H,4-15H2,1-3H3/b17-16-,20-19?. The van der Waals surface area contributed by atoms with Crippen molar-refractivity contribution in [1.82, 2.24) is 0 Å². The average molecular weight is 277 g/mol. The van der Waals surface area contributed by atoms with Gasteiger partial charge >= 0.3 is 0 Å². The minimum atomic E-state index is 0.762. The van der Waals surface area contributed by atoms with Gasteiger partial charge in [-0.1, -0.05) is 57.9 Å². The first-order valence-corrected chi connectivity index (χ1v) is 8.99. The Kier molecular flexibility index (Phi) is 9.70. The van der Waals surface area contributed by atoms with Crippen LogP contribution in [0.25, 0.3) is 0 Å². The summed E-state index contributed by atoms with van der Waals surface area (Å²) in [5.74, 6) is 0.762. The maximum Gasteiger partial charge on any atom is 0.0392 e. The van der Waals surface area contributed by atoms with Gasteiger partial charge in [0.15, 0.2) is 0 Å². The summed E-state index contributed by atoms with van der Waals surface area (Å²) >= 11 is 0. The highest BCUT2D eigenvalue weighted by Crippen LogP contribution is 2.27. The number of unbranched alkanes of at least 4 members (excludes halogenated alkanes) is 4. The van der Waals surface area contributed by atoms with Crippen LogP contribution in [-0.2, 0) is 0 Å². The highest BCUT2D eigenvalue weighted by molar-refractivity contribution is 5.97. The molecule has 0 aromatic rings. The molecule has 0 saturated heterocycles. The molecular weight excluding hydrogens is 242 g/mol. The predicted molar refractivity (Wildman–Crippen MR) is 91.7 cm³/mol. The Labute approximate surface area is 127 Å². The molecule has 116 valence electrons. The van der Waals surface area contributed by atoms with Gasteiger partial charge in [0.1, 0.15) is 0 Å². The van der Waals surface area contributed by atoms with E-state index < -0.39 is 0 Å². The molecule has 1 aliphatic rings. The largest absolute Gasteiger partial charge is 0.289 e. The van der Waals surface area contributed by atoms with E-state index in [4.69, 9.17) is 4.99 Å². The fourth-order valence-corrected chi connectivity index (χ4v) is 3.06. The molecule has 20 heavy (non-hydrogen) atoms. The Morgan fingerprint density at radius 1 is 1.00 bits per heavy atom. The molecule has 1 heteroatoms. The van der Waals surface area contributed by atoms with Crippen LogP contribution in [0.3, 0.4) is 0 Å². The number of hydrogen-bond donors (Lipinski definition) is 0. The van der Waals surface area contributed by atoms with E-state index in [9.17, 15) is 0 Å². The molecule has 0 N–H and O–H groups in total. The summed E-state index contributed by atoms with van der Waals surface area (Å²) in [5.41, 5.74) is 2.96. The SMILES string of the molecule is CCCCCN=C(/C=C(/C)CCCCC)C1CCCC1. The van der Waals surface area contributed by atoms with Crippen molar-refractivity contribution in [2.75, 3.05) is 6.54 Å². The highest BCUT2D eigenvalue weighted by Gasteiger charge is 2.19. The summed E-state index contributed by atoms with van der Waals surface area (Å²) in [5, 5.41) is 0. The first kappa shape index (κ1) is 17.5. The van der Waals surface area contributed by atoms with E-state index in [1.165, 1.54) is 76.3 Å². The molecule has 0 spiro atoms. The number of rotatable bonds is 10. The molecule has 0 aliphatic heterocycles. The van der Waals surface area contributed by atoms with Gasteiger partial charge in [-0.2, -0.15) is 0 Å². The fourth-order valence-electron chi connectivity index (χ4n) is 3.06. The molecule has 1 fully saturated rings. The summed E-state index contributed by atoms with van der Waals surface area (Å²) in [6.07, 6.45) is 17.1. The lowest BCUT2D eigenvalue weighted by atomic mass is 9.98. The van der Waals surface area contributed by atoms with Crippen molar-refractivity contribution in [1.29, 1.82) is 0 Å². The predicted octanol–water partition coefficient (Wildman–Crippen LogP) is 6.33. The number of allylic oxidation sites excluding steroid dienone is 2. The Hall–Kier alpha value is -0.590. The van der Waals surface area contributed by atoms with Gasteiger partial charge in [-0.05, 0) is 45.1 Å². The summed E-state index contributed by atoms with van der Waals surface area (Å²) in [6.45, 7) is 7.88. The third kappa shape index (κ3) is 7.26. The van der Waals surface area contributed by atoms with Crippen LogP contribution in [-0.4, -0.2) is 12.3 Å². The van der Waals surface area contributed by atoms with Crippen LogP contribution >= 0.6 is 0 Å². The van der Waals surface area contributed by atoms with Crippen molar-refractivity contribution in [3.05, 3.63) is 11.6 Å². The molecule has 0 aromatic heterocycles. The van der Waals surface area contributed by atoms with Gasteiger partial charge in [-0.15, -0.1) is 0 Å².